The molecule has 23 heavy (non-hydrogen) atoms. The lowest BCUT2D eigenvalue weighted by Crippen LogP contribution is -2.38. The number of fused-ring (bicyclic) bond motifs is 2. The van der Waals surface area contributed by atoms with E-state index < -0.39 is 0 Å². The number of rotatable bonds is 5. The molecule has 2 aliphatic carbocycles. The van der Waals surface area contributed by atoms with Crippen molar-refractivity contribution < 1.29 is 0 Å². The average Bonchev–Trinajstić information content (AvgIpc) is 3.18. The average molecular weight is 448 g/mol. The van der Waals surface area contributed by atoms with Crippen molar-refractivity contribution in [3.05, 3.63) is 15.6 Å². The maximum atomic E-state index is 4.47. The molecular formula is C17H29IN4S. The number of aryl methyl sites for hydroxylation is 2. The van der Waals surface area contributed by atoms with Crippen LogP contribution in [0.3, 0.4) is 0 Å². The lowest BCUT2D eigenvalue weighted by Gasteiger charge is -2.22. The van der Waals surface area contributed by atoms with Crippen LogP contribution in [0.5, 0.6) is 0 Å². The van der Waals surface area contributed by atoms with Crippen molar-refractivity contribution in [2.45, 2.75) is 52.5 Å². The molecule has 1 aromatic rings. The predicted molar refractivity (Wildman–Crippen MR) is 109 cm³/mol. The van der Waals surface area contributed by atoms with E-state index in [1.807, 2.05) is 7.05 Å². The van der Waals surface area contributed by atoms with E-state index in [0.29, 0.717) is 0 Å². The summed E-state index contributed by atoms with van der Waals surface area (Å²) in [7, 11) is 1.84. The number of nitrogens with zero attached hydrogens (tertiary/aromatic N) is 2. The van der Waals surface area contributed by atoms with E-state index in [9.17, 15) is 0 Å². The number of halogens is 1. The van der Waals surface area contributed by atoms with Gasteiger partial charge in [-0.25, -0.2) is 4.98 Å². The third-order valence-electron chi connectivity index (χ3n) is 5.33. The molecule has 3 rings (SSSR count). The second-order valence-corrected chi connectivity index (χ2v) is 8.11. The van der Waals surface area contributed by atoms with Crippen LogP contribution in [0.2, 0.25) is 0 Å². The van der Waals surface area contributed by atoms with Crippen molar-refractivity contribution in [1.29, 1.82) is 0 Å². The van der Waals surface area contributed by atoms with Gasteiger partial charge in [-0.1, -0.05) is 6.42 Å². The Labute approximate surface area is 161 Å². The maximum absolute atomic E-state index is 4.47. The quantitative estimate of drug-likeness (QED) is 0.409. The van der Waals surface area contributed by atoms with Crippen LogP contribution in [0.15, 0.2) is 4.99 Å². The highest BCUT2D eigenvalue weighted by Crippen LogP contribution is 2.49. The number of thiazole rings is 1. The van der Waals surface area contributed by atoms with Crippen LogP contribution in [0.25, 0.3) is 0 Å². The summed E-state index contributed by atoms with van der Waals surface area (Å²) in [5, 5.41) is 8.02. The van der Waals surface area contributed by atoms with Gasteiger partial charge in [-0.3, -0.25) is 4.99 Å². The highest BCUT2D eigenvalue weighted by molar-refractivity contribution is 14.0. The first kappa shape index (κ1) is 19.0. The first-order valence-corrected chi connectivity index (χ1v) is 9.34. The smallest absolute Gasteiger partial charge is 0.191 e. The van der Waals surface area contributed by atoms with E-state index in [1.54, 1.807) is 11.3 Å². The Morgan fingerprint density at radius 2 is 2.09 bits per heavy atom. The van der Waals surface area contributed by atoms with Crippen molar-refractivity contribution in [3.8, 4) is 0 Å². The molecule has 0 radical (unpaired) electrons. The topological polar surface area (TPSA) is 49.3 Å². The van der Waals surface area contributed by atoms with Crippen LogP contribution in [0.4, 0.5) is 0 Å². The Hall–Kier alpha value is -0.370. The third-order valence-corrected chi connectivity index (χ3v) is 6.40. The minimum absolute atomic E-state index is 0. The maximum Gasteiger partial charge on any atom is 0.191 e. The number of aromatic nitrogens is 1. The first-order valence-electron chi connectivity index (χ1n) is 8.53. The van der Waals surface area contributed by atoms with Crippen molar-refractivity contribution in [3.63, 3.8) is 0 Å². The summed E-state index contributed by atoms with van der Waals surface area (Å²) in [4.78, 5) is 10.1. The molecule has 0 spiro atoms. The van der Waals surface area contributed by atoms with Crippen LogP contribution in [-0.2, 0) is 6.54 Å². The molecule has 2 aliphatic rings. The van der Waals surface area contributed by atoms with Crippen molar-refractivity contribution in [1.82, 2.24) is 15.6 Å². The lowest BCUT2D eigenvalue weighted by molar-refractivity contribution is 0.315. The molecular weight excluding hydrogens is 419 g/mol. The summed E-state index contributed by atoms with van der Waals surface area (Å²) in [6.45, 7) is 5.98. The van der Waals surface area contributed by atoms with Gasteiger partial charge in [-0.2, -0.15) is 0 Å². The zero-order chi connectivity index (χ0) is 15.5. The molecule has 0 saturated heterocycles. The zero-order valence-electron chi connectivity index (χ0n) is 14.4. The molecule has 0 aromatic carbocycles. The van der Waals surface area contributed by atoms with E-state index in [4.69, 9.17) is 0 Å². The number of guanidine groups is 1. The highest BCUT2D eigenvalue weighted by atomic mass is 127. The molecule has 2 saturated carbocycles. The number of aliphatic imine (C=N–C) groups is 1. The molecule has 1 heterocycles. The van der Waals surface area contributed by atoms with E-state index in [2.05, 4.69) is 34.5 Å². The van der Waals surface area contributed by atoms with Crippen LogP contribution >= 0.6 is 35.3 Å². The summed E-state index contributed by atoms with van der Waals surface area (Å²) in [6, 6.07) is 0. The van der Waals surface area contributed by atoms with Gasteiger partial charge in [-0.15, -0.1) is 35.3 Å². The minimum Gasteiger partial charge on any atom is -0.356 e. The molecule has 130 valence electrons. The SMILES string of the molecule is CN=C(NCCC1CC2CCC1C2)NCc1sc(C)nc1C.I. The molecule has 3 unspecified atom stereocenters. The molecule has 2 bridgehead atoms. The Bertz CT molecular complexity index is 543. The van der Waals surface area contributed by atoms with Crippen LogP contribution in [0.1, 0.15) is 47.7 Å². The standard InChI is InChI=1S/C17H28N4S.HI/c1-11-16(22-12(2)21-11)10-20-17(18-3)19-7-6-15-9-13-4-5-14(15)8-13;/h13-15H,4-10H2,1-3H3,(H2,18,19,20);1H. The van der Waals surface area contributed by atoms with Crippen LogP contribution in [0, 0.1) is 31.6 Å². The van der Waals surface area contributed by atoms with E-state index in [0.717, 1.165) is 47.5 Å². The summed E-state index contributed by atoms with van der Waals surface area (Å²) in [6.07, 6.45) is 7.23. The van der Waals surface area contributed by atoms with Gasteiger partial charge in [0.1, 0.15) is 0 Å². The minimum atomic E-state index is 0. The summed E-state index contributed by atoms with van der Waals surface area (Å²) >= 11 is 1.76. The molecule has 1 aromatic heterocycles. The van der Waals surface area contributed by atoms with Gasteiger partial charge in [0.25, 0.3) is 0 Å². The van der Waals surface area contributed by atoms with Gasteiger partial charge in [0, 0.05) is 18.5 Å². The lowest BCUT2D eigenvalue weighted by atomic mass is 9.86. The molecule has 3 atom stereocenters. The summed E-state index contributed by atoms with van der Waals surface area (Å²) in [5.41, 5.74) is 1.13. The van der Waals surface area contributed by atoms with Gasteiger partial charge in [0.05, 0.1) is 17.2 Å². The highest BCUT2D eigenvalue weighted by Gasteiger charge is 2.38. The van der Waals surface area contributed by atoms with Gasteiger partial charge in [-0.05, 0) is 57.3 Å². The predicted octanol–water partition coefficient (Wildman–Crippen LogP) is 3.87. The number of nitrogens with one attached hydrogen (secondary N) is 2. The Morgan fingerprint density at radius 1 is 1.26 bits per heavy atom. The monoisotopic (exact) mass is 448 g/mol. The molecule has 2 N–H and O–H groups in total. The normalized spacial score (nSPS) is 26.2. The largest absolute Gasteiger partial charge is 0.356 e. The van der Waals surface area contributed by atoms with E-state index >= 15 is 0 Å². The second-order valence-electron chi connectivity index (χ2n) is 6.82. The fourth-order valence-electron chi connectivity index (χ4n) is 4.23. The van der Waals surface area contributed by atoms with Gasteiger partial charge in [0.2, 0.25) is 0 Å². The Morgan fingerprint density at radius 3 is 2.65 bits per heavy atom. The molecule has 4 nitrogen and oxygen atoms in total. The first-order chi connectivity index (χ1) is 10.7. The fourth-order valence-corrected chi connectivity index (χ4v) is 5.10. The third kappa shape index (κ3) is 4.81. The van der Waals surface area contributed by atoms with Crippen LogP contribution in [-0.4, -0.2) is 24.5 Å². The zero-order valence-corrected chi connectivity index (χ0v) is 17.5. The molecule has 0 aliphatic heterocycles. The van der Waals surface area contributed by atoms with Gasteiger partial charge in [0.15, 0.2) is 5.96 Å². The van der Waals surface area contributed by atoms with E-state index in [1.165, 1.54) is 37.0 Å². The summed E-state index contributed by atoms with van der Waals surface area (Å²) in [5.74, 6) is 3.93. The van der Waals surface area contributed by atoms with E-state index in [-0.39, 0.29) is 24.0 Å². The number of hydrogen-bond acceptors (Lipinski definition) is 3. The Kier molecular flexibility index (Phi) is 7.13. The van der Waals surface area contributed by atoms with Crippen molar-refractivity contribution >= 4 is 41.3 Å². The molecule has 0 amide bonds. The fraction of sp³-hybridized carbons (Fsp3) is 0.765. The summed E-state index contributed by atoms with van der Waals surface area (Å²) < 4.78 is 0. The molecule has 6 heteroatoms. The second kappa shape index (κ2) is 8.65. The van der Waals surface area contributed by atoms with Crippen molar-refractivity contribution in [2.24, 2.45) is 22.7 Å². The number of hydrogen-bond donors (Lipinski definition) is 2. The van der Waals surface area contributed by atoms with Crippen molar-refractivity contribution in [2.75, 3.05) is 13.6 Å². The Balaban J connectivity index is 0.00000192. The molecule has 2 fully saturated rings. The van der Waals surface area contributed by atoms with Crippen LogP contribution < -0.4 is 10.6 Å². The van der Waals surface area contributed by atoms with Gasteiger partial charge < -0.3 is 10.6 Å². The van der Waals surface area contributed by atoms with Gasteiger partial charge >= 0.3 is 0 Å².